The minimum Gasteiger partial charge on any atom is -0.497 e. The van der Waals surface area contributed by atoms with Gasteiger partial charge in [-0.05, 0) is 46.6 Å². The average Bonchev–Trinajstić information content (AvgIpc) is 2.95. The topological polar surface area (TPSA) is 96.3 Å². The smallest absolute Gasteiger partial charge is 0.302 e. The molecule has 2 N–H and O–H groups in total. The van der Waals surface area contributed by atoms with Gasteiger partial charge in [-0.1, -0.05) is 18.2 Å². The molecule has 26 heavy (non-hydrogen) atoms. The average molecular weight is 418 g/mol. The number of nitrogens with zero attached hydrogens (tertiary/aromatic N) is 2. The molecule has 0 aliphatic rings. The lowest BCUT2D eigenvalue weighted by Crippen LogP contribution is -2.08. The van der Waals surface area contributed by atoms with Gasteiger partial charge >= 0.3 is 5.91 Å². The number of aryl methyl sites for hydroxylation is 1. The molecule has 0 aliphatic carbocycles. The van der Waals surface area contributed by atoms with E-state index in [9.17, 15) is 9.90 Å². The molecule has 3 aromatic rings. The van der Waals surface area contributed by atoms with Crippen LogP contribution in [0.4, 0.5) is 5.69 Å². The lowest BCUT2D eigenvalue weighted by Gasteiger charge is -2.07. The molecule has 0 saturated carbocycles. The van der Waals surface area contributed by atoms with Gasteiger partial charge in [0.15, 0.2) is 12.3 Å². The van der Waals surface area contributed by atoms with Crippen LogP contribution in [0.2, 0.25) is 0 Å². The number of rotatable bonds is 5. The van der Waals surface area contributed by atoms with Crippen LogP contribution < -0.4 is 9.47 Å². The van der Waals surface area contributed by atoms with E-state index in [0.717, 1.165) is 11.1 Å². The van der Waals surface area contributed by atoms with Crippen LogP contribution in [-0.2, 0) is 4.79 Å². The number of H-pyrrole nitrogens is 1. The number of carbonyl (C=O) groups excluding carboxylic acids is 1. The number of aromatic amines is 1. The zero-order valence-corrected chi connectivity index (χ0v) is 15.7. The van der Waals surface area contributed by atoms with Gasteiger partial charge in [0, 0.05) is 5.39 Å². The van der Waals surface area contributed by atoms with E-state index in [0.29, 0.717) is 21.4 Å². The maximum absolute atomic E-state index is 11.9. The third-order valence-electron chi connectivity index (χ3n) is 3.75. The van der Waals surface area contributed by atoms with Gasteiger partial charge in [0.2, 0.25) is 5.88 Å². The van der Waals surface area contributed by atoms with Crippen molar-refractivity contribution < 1.29 is 19.4 Å². The van der Waals surface area contributed by atoms with Crippen LogP contribution in [-0.4, -0.2) is 29.7 Å². The normalized spacial score (nSPS) is 11.2. The molecule has 0 atom stereocenters. The predicted octanol–water partition coefficient (Wildman–Crippen LogP) is 4.64. The van der Waals surface area contributed by atoms with Crippen molar-refractivity contribution in [2.24, 2.45) is 10.2 Å². The van der Waals surface area contributed by atoms with E-state index in [1.54, 1.807) is 31.4 Å². The van der Waals surface area contributed by atoms with Gasteiger partial charge in [0.05, 0.1) is 17.1 Å². The largest absolute Gasteiger partial charge is 0.497 e. The van der Waals surface area contributed by atoms with Gasteiger partial charge in [-0.3, -0.25) is 4.79 Å². The molecule has 8 heteroatoms. The number of carbonyl (C=O) groups is 1. The molecule has 0 aliphatic heterocycles. The number of benzene rings is 2. The minimum absolute atomic E-state index is 0.135. The predicted molar refractivity (Wildman–Crippen MR) is 100 cm³/mol. The summed E-state index contributed by atoms with van der Waals surface area (Å²) in [5.41, 5.74) is 1.94. The van der Waals surface area contributed by atoms with E-state index in [1.165, 1.54) is 0 Å². The maximum Gasteiger partial charge on any atom is 0.302 e. The first-order chi connectivity index (χ1) is 12.5. The molecule has 7 nitrogen and oxygen atoms in total. The number of ether oxygens (including phenoxy) is 2. The molecule has 1 aromatic heterocycles. The van der Waals surface area contributed by atoms with Crippen molar-refractivity contribution >= 4 is 38.4 Å². The SMILES string of the molecule is COc1ccc(OCC(=O)N=Nc2c(O)[nH]c3c(C)cccc23)c(Br)c1. The Bertz CT molecular complexity index is 998. The lowest BCUT2D eigenvalue weighted by atomic mass is 10.1. The first-order valence-electron chi connectivity index (χ1n) is 7.70. The summed E-state index contributed by atoms with van der Waals surface area (Å²) in [6.45, 7) is 1.63. The third-order valence-corrected chi connectivity index (χ3v) is 4.37. The Labute approximate surface area is 157 Å². The monoisotopic (exact) mass is 417 g/mol. The fourth-order valence-corrected chi connectivity index (χ4v) is 2.91. The molecule has 0 bridgehead atoms. The second-order valence-corrected chi connectivity index (χ2v) is 6.35. The minimum atomic E-state index is -0.575. The highest BCUT2D eigenvalue weighted by atomic mass is 79.9. The molecule has 134 valence electrons. The van der Waals surface area contributed by atoms with Crippen molar-refractivity contribution in [1.82, 2.24) is 4.98 Å². The number of halogens is 1. The van der Waals surface area contributed by atoms with Gasteiger partial charge in [-0.25, -0.2) is 0 Å². The van der Waals surface area contributed by atoms with Crippen molar-refractivity contribution in [2.45, 2.75) is 6.92 Å². The van der Waals surface area contributed by atoms with E-state index in [-0.39, 0.29) is 18.2 Å². The second kappa shape index (κ2) is 7.57. The van der Waals surface area contributed by atoms with Gasteiger partial charge in [-0.2, -0.15) is 0 Å². The van der Waals surface area contributed by atoms with E-state index in [1.807, 2.05) is 19.1 Å². The van der Waals surface area contributed by atoms with Crippen molar-refractivity contribution in [3.8, 4) is 17.4 Å². The van der Waals surface area contributed by atoms with Gasteiger partial charge in [0.1, 0.15) is 11.5 Å². The summed E-state index contributed by atoms with van der Waals surface area (Å²) in [5.74, 6) is 0.444. The number of aromatic hydroxyl groups is 1. The third kappa shape index (κ3) is 3.70. The molecule has 0 spiro atoms. The highest BCUT2D eigenvalue weighted by Crippen LogP contribution is 2.36. The zero-order chi connectivity index (χ0) is 18.7. The van der Waals surface area contributed by atoms with Crippen LogP contribution in [0.25, 0.3) is 10.9 Å². The van der Waals surface area contributed by atoms with Crippen LogP contribution in [0.5, 0.6) is 17.4 Å². The summed E-state index contributed by atoms with van der Waals surface area (Å²) in [6.07, 6.45) is 0. The molecule has 0 saturated heterocycles. The van der Waals surface area contributed by atoms with Crippen molar-refractivity contribution in [1.29, 1.82) is 0 Å². The lowest BCUT2D eigenvalue weighted by molar-refractivity contribution is -0.120. The number of aromatic nitrogens is 1. The molecule has 1 amide bonds. The van der Waals surface area contributed by atoms with E-state index in [4.69, 9.17) is 9.47 Å². The maximum atomic E-state index is 11.9. The van der Waals surface area contributed by atoms with E-state index >= 15 is 0 Å². The highest BCUT2D eigenvalue weighted by molar-refractivity contribution is 9.10. The first-order valence-corrected chi connectivity index (χ1v) is 8.50. The van der Waals surface area contributed by atoms with Gasteiger partial charge in [0.25, 0.3) is 0 Å². The number of hydrogen-bond acceptors (Lipinski definition) is 5. The second-order valence-electron chi connectivity index (χ2n) is 5.50. The Morgan fingerprint density at radius 3 is 2.85 bits per heavy atom. The molecular weight excluding hydrogens is 402 g/mol. The first kappa shape index (κ1) is 17.9. The number of fused-ring (bicyclic) bond motifs is 1. The number of hydrogen-bond donors (Lipinski definition) is 2. The molecule has 1 heterocycles. The van der Waals surface area contributed by atoms with Crippen LogP contribution in [0, 0.1) is 6.92 Å². The fraction of sp³-hybridized carbons (Fsp3) is 0.167. The van der Waals surface area contributed by atoms with Crippen molar-refractivity contribution in [3.05, 3.63) is 46.4 Å². The number of methoxy groups -OCH3 is 1. The number of para-hydroxylation sites is 1. The number of nitrogens with one attached hydrogen (secondary N) is 1. The molecular formula is C18H16BrN3O4. The molecule has 0 radical (unpaired) electrons. The van der Waals surface area contributed by atoms with Gasteiger partial charge in [-0.15, -0.1) is 10.2 Å². The Balaban J connectivity index is 1.71. The quantitative estimate of drug-likeness (QED) is 0.590. The fourth-order valence-electron chi connectivity index (χ4n) is 2.44. The van der Waals surface area contributed by atoms with Crippen LogP contribution in [0.1, 0.15) is 5.56 Å². The Hall–Kier alpha value is -2.87. The van der Waals surface area contributed by atoms with Crippen LogP contribution in [0.15, 0.2) is 51.1 Å². The van der Waals surface area contributed by atoms with Crippen molar-refractivity contribution in [2.75, 3.05) is 13.7 Å². The summed E-state index contributed by atoms with van der Waals surface area (Å²) in [6, 6.07) is 10.7. The van der Waals surface area contributed by atoms with Crippen LogP contribution in [0.3, 0.4) is 0 Å². The summed E-state index contributed by atoms with van der Waals surface area (Å²) >= 11 is 3.34. The molecule has 0 fully saturated rings. The van der Waals surface area contributed by atoms with E-state index < -0.39 is 5.91 Å². The summed E-state index contributed by atoms with van der Waals surface area (Å²) < 4.78 is 11.2. The number of amides is 1. The van der Waals surface area contributed by atoms with Gasteiger partial charge < -0.3 is 19.6 Å². The Kier molecular flexibility index (Phi) is 5.22. The molecule has 3 rings (SSSR count). The molecule has 2 aromatic carbocycles. The molecule has 0 unspecified atom stereocenters. The van der Waals surface area contributed by atoms with E-state index in [2.05, 4.69) is 31.1 Å². The standard InChI is InChI=1S/C18H16BrN3O4/c1-10-4-3-5-12-16(10)20-18(24)17(12)22-21-15(23)9-26-14-7-6-11(25-2)8-13(14)19/h3-8,20,24H,9H2,1-2H3. The van der Waals surface area contributed by atoms with Crippen LogP contribution >= 0.6 is 15.9 Å². The number of azo groups is 1. The summed E-state index contributed by atoms with van der Waals surface area (Å²) in [5, 5.41) is 18.2. The highest BCUT2D eigenvalue weighted by Gasteiger charge is 2.12. The zero-order valence-electron chi connectivity index (χ0n) is 14.1. The summed E-state index contributed by atoms with van der Waals surface area (Å²) in [4.78, 5) is 14.8. The van der Waals surface area contributed by atoms with Crippen molar-refractivity contribution in [3.63, 3.8) is 0 Å². The Morgan fingerprint density at radius 1 is 1.31 bits per heavy atom. The summed E-state index contributed by atoms with van der Waals surface area (Å²) in [7, 11) is 1.56. The Morgan fingerprint density at radius 2 is 2.12 bits per heavy atom.